The minimum atomic E-state index is -0.116. The molecule has 1 heterocycles. The summed E-state index contributed by atoms with van der Waals surface area (Å²) >= 11 is 6.12. The Morgan fingerprint density at radius 1 is 1.45 bits per heavy atom. The molecule has 3 rings (SSSR count). The standard InChI is InChI=1S/C14H11ClN4O/c15-10-5-8(6-16)1-4-11(10)19-13-12(9-2-3-9)14(20)18-7-17-13/h1,4-5,7,9H,2-3H2,(H2,17,18,19,20). The first kappa shape index (κ1) is 12.7. The van der Waals surface area contributed by atoms with Crippen LogP contribution in [0.2, 0.25) is 5.02 Å². The van der Waals surface area contributed by atoms with Crippen LogP contribution < -0.4 is 10.9 Å². The number of rotatable bonds is 3. The Kier molecular flexibility index (Phi) is 3.17. The lowest BCUT2D eigenvalue weighted by Gasteiger charge is -2.10. The molecule has 2 aromatic rings. The van der Waals surface area contributed by atoms with Crippen LogP contribution in [0.15, 0.2) is 29.3 Å². The predicted molar refractivity (Wildman–Crippen MR) is 76.3 cm³/mol. The first-order chi connectivity index (χ1) is 9.69. The maximum Gasteiger partial charge on any atom is 0.256 e. The largest absolute Gasteiger partial charge is 0.339 e. The third kappa shape index (κ3) is 2.38. The van der Waals surface area contributed by atoms with E-state index in [-0.39, 0.29) is 11.5 Å². The minimum absolute atomic E-state index is 0.116. The topological polar surface area (TPSA) is 81.6 Å². The van der Waals surface area contributed by atoms with Gasteiger partial charge in [-0.25, -0.2) is 4.98 Å². The molecule has 0 spiro atoms. The van der Waals surface area contributed by atoms with Crippen LogP contribution in [0.1, 0.15) is 29.9 Å². The van der Waals surface area contributed by atoms with Crippen LogP contribution >= 0.6 is 11.6 Å². The number of halogens is 1. The second-order valence-electron chi connectivity index (χ2n) is 4.70. The third-order valence-electron chi connectivity index (χ3n) is 3.23. The van der Waals surface area contributed by atoms with Crippen molar-refractivity contribution < 1.29 is 0 Å². The highest BCUT2D eigenvalue weighted by Crippen LogP contribution is 2.41. The molecule has 2 N–H and O–H groups in total. The van der Waals surface area contributed by atoms with E-state index in [1.165, 1.54) is 6.33 Å². The Bertz CT molecular complexity index is 758. The fourth-order valence-corrected chi connectivity index (χ4v) is 2.30. The molecule has 0 radical (unpaired) electrons. The van der Waals surface area contributed by atoms with E-state index in [0.717, 1.165) is 12.8 Å². The molecule has 20 heavy (non-hydrogen) atoms. The monoisotopic (exact) mass is 286 g/mol. The number of nitrogens with zero attached hydrogens (tertiary/aromatic N) is 2. The van der Waals surface area contributed by atoms with E-state index in [1.54, 1.807) is 18.2 Å². The zero-order valence-electron chi connectivity index (χ0n) is 10.5. The van der Waals surface area contributed by atoms with Gasteiger partial charge in [0.05, 0.1) is 34.2 Å². The summed E-state index contributed by atoms with van der Waals surface area (Å²) in [6.45, 7) is 0. The highest BCUT2D eigenvalue weighted by molar-refractivity contribution is 6.33. The molecule has 6 heteroatoms. The van der Waals surface area contributed by atoms with Crippen LogP contribution in [-0.2, 0) is 0 Å². The van der Waals surface area contributed by atoms with Gasteiger partial charge in [-0.15, -0.1) is 0 Å². The van der Waals surface area contributed by atoms with Crippen molar-refractivity contribution in [2.24, 2.45) is 0 Å². The minimum Gasteiger partial charge on any atom is -0.339 e. The van der Waals surface area contributed by atoms with E-state index in [9.17, 15) is 4.79 Å². The fraction of sp³-hybridized carbons (Fsp3) is 0.214. The van der Waals surface area contributed by atoms with Crippen LogP contribution in [0.3, 0.4) is 0 Å². The van der Waals surface area contributed by atoms with E-state index in [0.29, 0.717) is 27.7 Å². The summed E-state index contributed by atoms with van der Waals surface area (Å²) < 4.78 is 0. The Morgan fingerprint density at radius 2 is 2.25 bits per heavy atom. The molecule has 1 aliphatic carbocycles. The second-order valence-corrected chi connectivity index (χ2v) is 5.11. The summed E-state index contributed by atoms with van der Waals surface area (Å²) in [4.78, 5) is 18.7. The van der Waals surface area contributed by atoms with Gasteiger partial charge in [-0.3, -0.25) is 4.79 Å². The summed E-state index contributed by atoms with van der Waals surface area (Å²) in [6.07, 6.45) is 3.38. The average Bonchev–Trinajstić information content (AvgIpc) is 3.25. The normalized spacial score (nSPS) is 13.8. The lowest BCUT2D eigenvalue weighted by molar-refractivity contribution is 1.000. The molecule has 1 fully saturated rings. The Balaban J connectivity index is 1.98. The number of hydrogen-bond acceptors (Lipinski definition) is 4. The van der Waals surface area contributed by atoms with Crippen LogP contribution in [0.4, 0.5) is 11.5 Å². The van der Waals surface area contributed by atoms with Crippen molar-refractivity contribution in [3.63, 3.8) is 0 Å². The summed E-state index contributed by atoms with van der Waals surface area (Å²) in [6, 6.07) is 6.98. The zero-order chi connectivity index (χ0) is 14.1. The smallest absolute Gasteiger partial charge is 0.256 e. The molecular weight excluding hydrogens is 276 g/mol. The predicted octanol–water partition coefficient (Wildman–Crippen LogP) is 2.92. The average molecular weight is 287 g/mol. The van der Waals surface area contributed by atoms with Gasteiger partial charge in [0.2, 0.25) is 0 Å². The van der Waals surface area contributed by atoms with Crippen molar-refractivity contribution in [3.05, 3.63) is 51.0 Å². The lowest BCUT2D eigenvalue weighted by Crippen LogP contribution is -2.15. The molecule has 0 atom stereocenters. The van der Waals surface area contributed by atoms with E-state index in [4.69, 9.17) is 16.9 Å². The third-order valence-corrected chi connectivity index (χ3v) is 3.54. The van der Waals surface area contributed by atoms with Gasteiger partial charge >= 0.3 is 0 Å². The number of anilines is 2. The molecule has 0 unspecified atom stereocenters. The molecule has 1 aromatic heterocycles. The van der Waals surface area contributed by atoms with Crippen molar-refractivity contribution >= 4 is 23.1 Å². The Labute approximate surface area is 120 Å². The fourth-order valence-electron chi connectivity index (χ4n) is 2.07. The van der Waals surface area contributed by atoms with Crippen molar-refractivity contribution in [1.29, 1.82) is 5.26 Å². The molecule has 5 nitrogen and oxygen atoms in total. The summed E-state index contributed by atoms with van der Waals surface area (Å²) in [5, 5.41) is 12.3. The highest BCUT2D eigenvalue weighted by atomic mass is 35.5. The van der Waals surface area contributed by atoms with E-state index in [1.807, 2.05) is 6.07 Å². The molecular formula is C14H11ClN4O. The summed E-state index contributed by atoms with van der Waals surface area (Å²) in [5.41, 5.74) is 1.68. The van der Waals surface area contributed by atoms with Crippen molar-refractivity contribution in [3.8, 4) is 6.07 Å². The van der Waals surface area contributed by atoms with Crippen LogP contribution in [0, 0.1) is 11.3 Å². The first-order valence-corrected chi connectivity index (χ1v) is 6.61. The van der Waals surface area contributed by atoms with Crippen molar-refractivity contribution in [2.45, 2.75) is 18.8 Å². The van der Waals surface area contributed by atoms with Gasteiger partial charge in [0.1, 0.15) is 5.82 Å². The van der Waals surface area contributed by atoms with Crippen molar-refractivity contribution in [2.75, 3.05) is 5.32 Å². The number of aromatic nitrogens is 2. The van der Waals surface area contributed by atoms with Gasteiger partial charge in [-0.05, 0) is 37.0 Å². The number of benzene rings is 1. The highest BCUT2D eigenvalue weighted by Gasteiger charge is 2.29. The molecule has 0 amide bonds. The van der Waals surface area contributed by atoms with Gasteiger partial charge in [0, 0.05) is 0 Å². The lowest BCUT2D eigenvalue weighted by atomic mass is 10.2. The second kappa shape index (κ2) is 4.99. The van der Waals surface area contributed by atoms with Gasteiger partial charge in [-0.1, -0.05) is 11.6 Å². The van der Waals surface area contributed by atoms with E-state index < -0.39 is 0 Å². The zero-order valence-corrected chi connectivity index (χ0v) is 11.2. The van der Waals surface area contributed by atoms with Gasteiger partial charge in [0.25, 0.3) is 5.56 Å². The number of nitrogens with one attached hydrogen (secondary N) is 2. The Morgan fingerprint density at radius 3 is 2.90 bits per heavy atom. The number of H-pyrrole nitrogens is 1. The molecule has 0 saturated heterocycles. The number of aromatic amines is 1. The molecule has 0 aliphatic heterocycles. The van der Waals surface area contributed by atoms with Gasteiger partial charge in [-0.2, -0.15) is 5.26 Å². The van der Waals surface area contributed by atoms with E-state index >= 15 is 0 Å². The van der Waals surface area contributed by atoms with E-state index in [2.05, 4.69) is 15.3 Å². The molecule has 1 aliphatic rings. The quantitative estimate of drug-likeness (QED) is 0.909. The van der Waals surface area contributed by atoms with Gasteiger partial charge < -0.3 is 10.3 Å². The maximum atomic E-state index is 11.9. The summed E-state index contributed by atoms with van der Waals surface area (Å²) in [5.74, 6) is 0.801. The van der Waals surface area contributed by atoms with Crippen LogP contribution in [0.5, 0.6) is 0 Å². The SMILES string of the molecule is N#Cc1ccc(Nc2nc[nH]c(=O)c2C2CC2)c(Cl)c1. The molecule has 1 saturated carbocycles. The number of hydrogen-bond donors (Lipinski definition) is 2. The van der Waals surface area contributed by atoms with Crippen LogP contribution in [-0.4, -0.2) is 9.97 Å². The molecule has 0 bridgehead atoms. The number of nitriles is 1. The van der Waals surface area contributed by atoms with Gasteiger partial charge in [0.15, 0.2) is 0 Å². The molecule has 1 aromatic carbocycles. The molecule has 100 valence electrons. The Hall–Kier alpha value is -2.32. The summed E-state index contributed by atoms with van der Waals surface area (Å²) in [7, 11) is 0. The maximum absolute atomic E-state index is 11.9. The first-order valence-electron chi connectivity index (χ1n) is 6.23. The van der Waals surface area contributed by atoms with Crippen LogP contribution in [0.25, 0.3) is 0 Å². The van der Waals surface area contributed by atoms with Crippen molar-refractivity contribution in [1.82, 2.24) is 9.97 Å².